The quantitative estimate of drug-likeness (QED) is 0.280. The molecule has 5 rings (SSSR count). The van der Waals surface area contributed by atoms with Gasteiger partial charge in [-0.1, -0.05) is 67.6 Å². The maximum atomic E-state index is 14.5. The smallest absolute Gasteiger partial charge is 0.323 e. The second-order valence-electron chi connectivity index (χ2n) is 8.26. The van der Waals surface area contributed by atoms with E-state index in [2.05, 4.69) is 33.7 Å². The van der Waals surface area contributed by atoms with Crippen LogP contribution >= 0.6 is 0 Å². The van der Waals surface area contributed by atoms with Crippen LogP contribution in [0.25, 0.3) is 16.8 Å². The van der Waals surface area contributed by atoms with E-state index in [-0.39, 0.29) is 11.3 Å². The minimum absolute atomic E-state index is 0.280. The van der Waals surface area contributed by atoms with Crippen molar-refractivity contribution in [2.75, 3.05) is 10.6 Å². The highest BCUT2D eigenvalue weighted by Crippen LogP contribution is 2.30. The van der Waals surface area contributed by atoms with Crippen LogP contribution in [0.3, 0.4) is 0 Å². The molecular weight excluding hydrogens is 460 g/mol. The topological polar surface area (TPSA) is 71.3 Å². The molecule has 0 radical (unpaired) electrons. The molecule has 36 heavy (non-hydrogen) atoms. The average molecular weight is 484 g/mol. The molecule has 180 valence electrons. The number of nitrogens with zero attached hydrogens (tertiary/aromatic N) is 3. The van der Waals surface area contributed by atoms with Crippen LogP contribution in [-0.2, 0) is 17.1 Å². The lowest BCUT2D eigenvalue weighted by molar-refractivity contribution is -0.140. The summed E-state index contributed by atoms with van der Waals surface area (Å²) in [5.74, 6) is -4.53. The fraction of sp³-hybridized carbons (Fsp3) is 0.107. The minimum atomic E-state index is -3.64. The van der Waals surface area contributed by atoms with Gasteiger partial charge in [0.25, 0.3) is 5.91 Å². The number of fused-ring (bicyclic) bond motifs is 1. The predicted molar refractivity (Wildman–Crippen MR) is 136 cm³/mol. The fourth-order valence-electron chi connectivity index (χ4n) is 3.91. The zero-order valence-corrected chi connectivity index (χ0v) is 19.5. The zero-order chi connectivity index (χ0) is 25.1. The molecule has 2 aromatic heterocycles. The number of aromatic nitrogens is 3. The highest BCUT2D eigenvalue weighted by Gasteiger charge is 2.40. The van der Waals surface area contributed by atoms with Gasteiger partial charge in [-0.25, -0.2) is 4.52 Å². The highest BCUT2D eigenvalue weighted by molar-refractivity contribution is 5.96. The normalized spacial score (nSPS) is 11.4. The Labute approximate surface area is 206 Å². The van der Waals surface area contributed by atoms with Crippen LogP contribution < -0.4 is 10.6 Å². The number of anilines is 3. The number of rotatable bonds is 7. The van der Waals surface area contributed by atoms with Crippen LogP contribution in [0.4, 0.5) is 26.1 Å². The molecule has 0 aliphatic carbocycles. The largest absolute Gasteiger partial charge is 0.350 e. The van der Waals surface area contributed by atoms with E-state index in [9.17, 15) is 13.6 Å². The zero-order valence-electron chi connectivity index (χ0n) is 19.5. The first-order valence-corrected chi connectivity index (χ1v) is 11.5. The summed E-state index contributed by atoms with van der Waals surface area (Å²) in [5, 5.41) is 10.1. The van der Waals surface area contributed by atoms with Crippen molar-refractivity contribution in [2.45, 2.75) is 19.3 Å². The molecule has 0 aliphatic heterocycles. The number of hydrogen-bond acceptors (Lipinski definition) is 4. The molecule has 5 aromatic rings. The summed E-state index contributed by atoms with van der Waals surface area (Å²) in [7, 11) is 0. The van der Waals surface area contributed by atoms with Gasteiger partial charge < -0.3 is 10.6 Å². The molecule has 2 N–H and O–H groups in total. The summed E-state index contributed by atoms with van der Waals surface area (Å²) in [6.07, 6.45) is 2.73. The van der Waals surface area contributed by atoms with Crippen molar-refractivity contribution in [2.24, 2.45) is 0 Å². The van der Waals surface area contributed by atoms with E-state index in [4.69, 9.17) is 0 Å². The van der Waals surface area contributed by atoms with Crippen molar-refractivity contribution in [1.82, 2.24) is 14.6 Å². The number of hydrogen-bond donors (Lipinski definition) is 2. The van der Waals surface area contributed by atoms with Gasteiger partial charge in [-0.2, -0.15) is 13.8 Å². The second-order valence-corrected chi connectivity index (χ2v) is 8.26. The molecular formula is C28H23F2N5O. The van der Waals surface area contributed by atoms with Gasteiger partial charge in [0.15, 0.2) is 5.65 Å². The molecule has 6 nitrogen and oxygen atoms in total. The standard InChI is InChI=1S/C28H23F2N5O/c1-2-19-8-6-7-11-24(19)32-27-33-25-17-14-21(18-35(25)34-27)20-12-15-23(16-13-20)31-26(36)28(29,30)22-9-4-3-5-10-22/h3-18H,2H2,1H3,(H,31,36)(H,32,34). The lowest BCUT2D eigenvalue weighted by Gasteiger charge is -2.16. The maximum Gasteiger partial charge on any atom is 0.350 e. The monoisotopic (exact) mass is 483 g/mol. The van der Waals surface area contributed by atoms with Crippen molar-refractivity contribution < 1.29 is 13.6 Å². The number of halogens is 2. The first-order chi connectivity index (χ1) is 17.4. The number of amides is 1. The molecule has 8 heteroatoms. The Morgan fingerprint density at radius 3 is 2.33 bits per heavy atom. The SMILES string of the molecule is CCc1ccccc1Nc1nc2ccc(-c3ccc(NC(=O)C(F)(F)c4ccccc4)cc3)cn2n1. The first-order valence-electron chi connectivity index (χ1n) is 11.5. The van der Waals surface area contributed by atoms with Crippen LogP contribution in [0.2, 0.25) is 0 Å². The van der Waals surface area contributed by atoms with E-state index in [1.807, 2.05) is 36.5 Å². The Kier molecular flexibility index (Phi) is 6.16. The molecule has 0 saturated heterocycles. The van der Waals surface area contributed by atoms with E-state index in [0.717, 1.165) is 23.2 Å². The Bertz CT molecular complexity index is 1510. The number of carbonyl (C=O) groups excluding carboxylic acids is 1. The summed E-state index contributed by atoms with van der Waals surface area (Å²) in [6, 6.07) is 25.5. The lowest BCUT2D eigenvalue weighted by atomic mass is 10.1. The number of carbonyl (C=O) groups is 1. The number of aryl methyl sites for hydroxylation is 1. The van der Waals surface area contributed by atoms with Crippen LogP contribution in [0.15, 0.2) is 97.2 Å². The molecule has 0 unspecified atom stereocenters. The molecule has 0 atom stereocenters. The number of nitrogens with one attached hydrogen (secondary N) is 2. The van der Waals surface area contributed by atoms with Gasteiger partial charge in [0.2, 0.25) is 5.95 Å². The van der Waals surface area contributed by atoms with Crippen molar-refractivity contribution >= 4 is 28.9 Å². The van der Waals surface area contributed by atoms with Gasteiger partial charge in [-0.15, -0.1) is 5.10 Å². The van der Waals surface area contributed by atoms with E-state index < -0.39 is 11.8 Å². The number of pyridine rings is 1. The molecule has 0 aliphatic rings. The van der Waals surface area contributed by atoms with Gasteiger partial charge in [0.05, 0.1) is 0 Å². The molecule has 3 aromatic carbocycles. The lowest BCUT2D eigenvalue weighted by Crippen LogP contribution is -2.32. The molecule has 0 fully saturated rings. The first kappa shape index (κ1) is 23.2. The van der Waals surface area contributed by atoms with E-state index >= 15 is 0 Å². The van der Waals surface area contributed by atoms with Crippen molar-refractivity contribution in [3.63, 3.8) is 0 Å². The van der Waals surface area contributed by atoms with Crippen LogP contribution in [0.1, 0.15) is 18.1 Å². The van der Waals surface area contributed by atoms with Gasteiger partial charge in [0, 0.05) is 28.7 Å². The predicted octanol–water partition coefficient (Wildman–Crippen LogP) is 6.43. The van der Waals surface area contributed by atoms with Gasteiger partial charge >= 0.3 is 5.92 Å². The van der Waals surface area contributed by atoms with E-state index in [0.29, 0.717) is 11.6 Å². The Morgan fingerprint density at radius 2 is 1.58 bits per heavy atom. The van der Waals surface area contributed by atoms with E-state index in [1.54, 1.807) is 34.8 Å². The Morgan fingerprint density at radius 1 is 0.889 bits per heavy atom. The second kappa shape index (κ2) is 9.58. The number of alkyl halides is 2. The third kappa shape index (κ3) is 4.65. The third-order valence-electron chi connectivity index (χ3n) is 5.87. The van der Waals surface area contributed by atoms with Gasteiger partial charge in [-0.05, 0) is 47.9 Å². The Hall–Kier alpha value is -4.59. The van der Waals surface area contributed by atoms with E-state index in [1.165, 1.54) is 29.8 Å². The van der Waals surface area contributed by atoms with Crippen molar-refractivity contribution in [3.8, 4) is 11.1 Å². The molecule has 0 saturated carbocycles. The number of benzene rings is 3. The summed E-state index contributed by atoms with van der Waals surface area (Å²) >= 11 is 0. The van der Waals surface area contributed by atoms with Crippen LogP contribution in [-0.4, -0.2) is 20.5 Å². The summed E-state index contributed by atoms with van der Waals surface area (Å²) in [6.45, 7) is 2.09. The third-order valence-corrected chi connectivity index (χ3v) is 5.87. The van der Waals surface area contributed by atoms with Crippen LogP contribution in [0.5, 0.6) is 0 Å². The molecule has 0 spiro atoms. The summed E-state index contributed by atoms with van der Waals surface area (Å²) in [4.78, 5) is 16.8. The molecule has 0 bridgehead atoms. The number of para-hydroxylation sites is 1. The summed E-state index contributed by atoms with van der Waals surface area (Å²) in [5.41, 5.74) is 4.45. The van der Waals surface area contributed by atoms with Crippen molar-refractivity contribution in [1.29, 1.82) is 0 Å². The molecule has 2 heterocycles. The average Bonchev–Trinajstić information content (AvgIpc) is 3.31. The van der Waals surface area contributed by atoms with Crippen molar-refractivity contribution in [3.05, 3.63) is 108 Å². The maximum absolute atomic E-state index is 14.5. The van der Waals surface area contributed by atoms with Gasteiger partial charge in [-0.3, -0.25) is 4.79 Å². The Balaban J connectivity index is 1.32. The van der Waals surface area contributed by atoms with Gasteiger partial charge in [0.1, 0.15) is 0 Å². The highest BCUT2D eigenvalue weighted by atomic mass is 19.3. The van der Waals surface area contributed by atoms with Crippen LogP contribution in [0, 0.1) is 0 Å². The minimum Gasteiger partial charge on any atom is -0.323 e. The fourth-order valence-corrected chi connectivity index (χ4v) is 3.91. The molecule has 1 amide bonds. The summed E-state index contributed by atoms with van der Waals surface area (Å²) < 4.78 is 30.6.